The molecule has 2 rings (SSSR count). The molecule has 0 spiro atoms. The van der Waals surface area contributed by atoms with Crippen molar-refractivity contribution in [2.45, 2.75) is 32.4 Å². The number of hydrogen-bond acceptors (Lipinski definition) is 3. The molecule has 1 aliphatic rings. The number of nitrogens with zero attached hydrogens (tertiary/aromatic N) is 3. The SMILES string of the molecule is CN=C(NCCCN(C)C)NCc1ccc(CN2CCCC2)cc1.I. The van der Waals surface area contributed by atoms with E-state index in [1.807, 2.05) is 7.05 Å². The fraction of sp³-hybridized carbons (Fsp3) is 0.632. The molecule has 0 unspecified atom stereocenters. The zero-order valence-electron chi connectivity index (χ0n) is 15.9. The summed E-state index contributed by atoms with van der Waals surface area (Å²) in [4.78, 5) is 9.01. The predicted octanol–water partition coefficient (Wildman–Crippen LogP) is 2.52. The van der Waals surface area contributed by atoms with Gasteiger partial charge in [0.2, 0.25) is 0 Å². The fourth-order valence-electron chi connectivity index (χ4n) is 2.97. The summed E-state index contributed by atoms with van der Waals surface area (Å²) in [5, 5.41) is 6.74. The van der Waals surface area contributed by atoms with E-state index in [1.165, 1.54) is 37.1 Å². The predicted molar refractivity (Wildman–Crippen MR) is 118 cm³/mol. The summed E-state index contributed by atoms with van der Waals surface area (Å²) in [5.74, 6) is 0.870. The molecule has 0 aromatic heterocycles. The first-order chi connectivity index (χ1) is 11.7. The van der Waals surface area contributed by atoms with E-state index in [9.17, 15) is 0 Å². The van der Waals surface area contributed by atoms with Crippen LogP contribution in [0.1, 0.15) is 30.4 Å². The maximum absolute atomic E-state index is 4.28. The number of aliphatic imine (C=N–C) groups is 1. The minimum Gasteiger partial charge on any atom is -0.356 e. The quantitative estimate of drug-likeness (QED) is 0.272. The molecule has 5 nitrogen and oxygen atoms in total. The van der Waals surface area contributed by atoms with Gasteiger partial charge in [-0.1, -0.05) is 24.3 Å². The van der Waals surface area contributed by atoms with Gasteiger partial charge in [0.1, 0.15) is 0 Å². The summed E-state index contributed by atoms with van der Waals surface area (Å²) < 4.78 is 0. The Labute approximate surface area is 170 Å². The molecule has 1 aliphatic heterocycles. The highest BCUT2D eigenvalue weighted by Crippen LogP contribution is 2.13. The van der Waals surface area contributed by atoms with Crippen molar-refractivity contribution in [2.24, 2.45) is 4.99 Å². The first kappa shape index (κ1) is 22.2. The monoisotopic (exact) mass is 459 g/mol. The normalized spacial score (nSPS) is 15.3. The number of halogens is 1. The van der Waals surface area contributed by atoms with E-state index in [1.54, 1.807) is 0 Å². The lowest BCUT2D eigenvalue weighted by molar-refractivity contribution is 0.331. The molecule has 0 atom stereocenters. The van der Waals surface area contributed by atoms with Crippen molar-refractivity contribution in [3.05, 3.63) is 35.4 Å². The second-order valence-corrected chi connectivity index (χ2v) is 6.81. The minimum atomic E-state index is 0. The minimum absolute atomic E-state index is 0. The molecule has 0 radical (unpaired) electrons. The number of rotatable bonds is 8. The molecular formula is C19H34IN5. The third-order valence-electron chi connectivity index (χ3n) is 4.39. The van der Waals surface area contributed by atoms with E-state index < -0.39 is 0 Å². The second-order valence-electron chi connectivity index (χ2n) is 6.81. The van der Waals surface area contributed by atoms with Crippen molar-refractivity contribution in [2.75, 3.05) is 47.3 Å². The molecule has 25 heavy (non-hydrogen) atoms. The summed E-state index contributed by atoms with van der Waals surface area (Å²) in [6.07, 6.45) is 3.81. The van der Waals surface area contributed by atoms with Gasteiger partial charge in [-0.25, -0.2) is 0 Å². The standard InChI is InChI=1S/C19H33N5.HI/c1-20-19(21-11-6-12-23(2)3)22-15-17-7-9-18(10-8-17)16-24-13-4-5-14-24;/h7-10H,4-6,11-16H2,1-3H3,(H2,20,21,22);1H. The van der Waals surface area contributed by atoms with Crippen LogP contribution in [0.2, 0.25) is 0 Å². The maximum Gasteiger partial charge on any atom is 0.191 e. The molecule has 0 amide bonds. The highest BCUT2D eigenvalue weighted by molar-refractivity contribution is 14.0. The van der Waals surface area contributed by atoms with E-state index in [-0.39, 0.29) is 24.0 Å². The topological polar surface area (TPSA) is 42.9 Å². The first-order valence-corrected chi connectivity index (χ1v) is 9.07. The van der Waals surface area contributed by atoms with Crippen molar-refractivity contribution < 1.29 is 0 Å². The van der Waals surface area contributed by atoms with Crippen LogP contribution in [-0.4, -0.2) is 63.1 Å². The third-order valence-corrected chi connectivity index (χ3v) is 4.39. The van der Waals surface area contributed by atoms with Crippen LogP contribution in [0.5, 0.6) is 0 Å². The largest absolute Gasteiger partial charge is 0.356 e. The van der Waals surface area contributed by atoms with E-state index in [2.05, 4.69) is 63.8 Å². The summed E-state index contributed by atoms with van der Waals surface area (Å²) in [7, 11) is 6.02. The zero-order valence-corrected chi connectivity index (χ0v) is 18.3. The molecule has 142 valence electrons. The Morgan fingerprint density at radius 3 is 2.32 bits per heavy atom. The van der Waals surface area contributed by atoms with Crippen LogP contribution >= 0.6 is 24.0 Å². The average Bonchev–Trinajstić information content (AvgIpc) is 3.08. The molecule has 0 aliphatic carbocycles. The van der Waals surface area contributed by atoms with Gasteiger partial charge in [-0.15, -0.1) is 24.0 Å². The highest BCUT2D eigenvalue weighted by atomic mass is 127. The highest BCUT2D eigenvalue weighted by Gasteiger charge is 2.11. The molecule has 2 N–H and O–H groups in total. The molecule has 6 heteroatoms. The van der Waals surface area contributed by atoms with Gasteiger partial charge >= 0.3 is 0 Å². The van der Waals surface area contributed by atoms with E-state index in [0.29, 0.717) is 0 Å². The lowest BCUT2D eigenvalue weighted by atomic mass is 10.1. The van der Waals surface area contributed by atoms with Crippen LogP contribution in [0.3, 0.4) is 0 Å². The summed E-state index contributed by atoms with van der Waals surface area (Å²) in [5.41, 5.74) is 2.70. The van der Waals surface area contributed by atoms with E-state index in [0.717, 1.165) is 38.6 Å². The summed E-state index contributed by atoms with van der Waals surface area (Å²) in [6.45, 7) is 6.41. The summed E-state index contributed by atoms with van der Waals surface area (Å²) in [6, 6.07) is 8.95. The van der Waals surface area contributed by atoms with Crippen molar-refractivity contribution in [3.8, 4) is 0 Å². The first-order valence-electron chi connectivity index (χ1n) is 9.07. The van der Waals surface area contributed by atoms with E-state index in [4.69, 9.17) is 0 Å². The Morgan fingerprint density at radius 2 is 1.72 bits per heavy atom. The van der Waals surface area contributed by atoms with Crippen LogP contribution in [0.4, 0.5) is 0 Å². The number of likely N-dealkylation sites (tertiary alicyclic amines) is 1. The lowest BCUT2D eigenvalue weighted by Crippen LogP contribution is -2.38. The van der Waals surface area contributed by atoms with Gasteiger partial charge in [0.15, 0.2) is 5.96 Å². The van der Waals surface area contributed by atoms with Crippen LogP contribution in [-0.2, 0) is 13.1 Å². The fourth-order valence-corrected chi connectivity index (χ4v) is 2.97. The van der Waals surface area contributed by atoms with Gasteiger partial charge in [-0.3, -0.25) is 9.89 Å². The van der Waals surface area contributed by atoms with Gasteiger partial charge in [-0.05, 0) is 64.1 Å². The van der Waals surface area contributed by atoms with Crippen molar-refractivity contribution in [1.29, 1.82) is 0 Å². The lowest BCUT2D eigenvalue weighted by Gasteiger charge is -2.15. The van der Waals surface area contributed by atoms with E-state index >= 15 is 0 Å². The van der Waals surface area contributed by atoms with Crippen LogP contribution in [0.25, 0.3) is 0 Å². The van der Waals surface area contributed by atoms with Crippen LogP contribution in [0.15, 0.2) is 29.3 Å². The Balaban J connectivity index is 0.00000312. The Hall–Kier alpha value is -0.860. The van der Waals surface area contributed by atoms with Gasteiger partial charge in [0.25, 0.3) is 0 Å². The smallest absolute Gasteiger partial charge is 0.191 e. The average molecular weight is 459 g/mol. The Morgan fingerprint density at radius 1 is 1.08 bits per heavy atom. The zero-order chi connectivity index (χ0) is 17.2. The van der Waals surface area contributed by atoms with Crippen LogP contribution < -0.4 is 10.6 Å². The molecule has 1 heterocycles. The van der Waals surface area contributed by atoms with Gasteiger partial charge in [-0.2, -0.15) is 0 Å². The number of hydrogen-bond donors (Lipinski definition) is 2. The number of benzene rings is 1. The third kappa shape index (κ3) is 8.87. The molecule has 0 saturated carbocycles. The summed E-state index contributed by atoms with van der Waals surface area (Å²) >= 11 is 0. The van der Waals surface area contributed by atoms with Crippen molar-refractivity contribution in [3.63, 3.8) is 0 Å². The molecule has 1 fully saturated rings. The molecule has 0 bridgehead atoms. The Kier molecular flexibility index (Phi) is 11.1. The van der Waals surface area contributed by atoms with Gasteiger partial charge in [0, 0.05) is 26.7 Å². The van der Waals surface area contributed by atoms with Crippen LogP contribution in [0, 0.1) is 0 Å². The number of nitrogens with one attached hydrogen (secondary N) is 2. The maximum atomic E-state index is 4.28. The molecular weight excluding hydrogens is 425 g/mol. The second kappa shape index (κ2) is 12.5. The van der Waals surface area contributed by atoms with Crippen molar-refractivity contribution in [1.82, 2.24) is 20.4 Å². The molecule has 1 aromatic carbocycles. The number of guanidine groups is 1. The Bertz CT molecular complexity index is 495. The van der Waals surface area contributed by atoms with Gasteiger partial charge < -0.3 is 15.5 Å². The molecule has 1 saturated heterocycles. The molecule has 1 aromatic rings. The van der Waals surface area contributed by atoms with Gasteiger partial charge in [0.05, 0.1) is 0 Å². The van der Waals surface area contributed by atoms with Crippen molar-refractivity contribution >= 4 is 29.9 Å².